The van der Waals surface area contributed by atoms with Gasteiger partial charge in [-0.1, -0.05) is 12.1 Å². The zero-order valence-electron chi connectivity index (χ0n) is 15.2. The number of methoxy groups -OCH3 is 1. The molecule has 1 heterocycles. The van der Waals surface area contributed by atoms with Crippen LogP contribution in [-0.2, 0) is 35.9 Å². The van der Waals surface area contributed by atoms with Crippen LogP contribution in [0.3, 0.4) is 0 Å². The Hall–Kier alpha value is -2.24. The molecule has 0 saturated carbocycles. The Morgan fingerprint density at radius 2 is 1.86 bits per heavy atom. The summed E-state index contributed by atoms with van der Waals surface area (Å²) < 4.78 is 5.16. The molecule has 0 radical (unpaired) electrons. The van der Waals surface area contributed by atoms with Gasteiger partial charge in [0.05, 0.1) is 44.5 Å². The Morgan fingerprint density at radius 1 is 1.18 bits per heavy atom. The second-order valence-corrected chi connectivity index (χ2v) is 6.64. The van der Waals surface area contributed by atoms with Gasteiger partial charge < -0.3 is 36.1 Å². The highest BCUT2D eigenvalue weighted by Crippen LogP contribution is 2.39. The zero-order chi connectivity index (χ0) is 20.8. The molecule has 0 fully saturated rings. The second kappa shape index (κ2) is 9.80. The van der Waals surface area contributed by atoms with E-state index in [1.807, 2.05) is 0 Å². The molecule has 152 valence electrons. The summed E-state index contributed by atoms with van der Waals surface area (Å²) in [5, 5.41) is 31.8. The maximum Gasteiger partial charge on any atom is 0.355 e. The van der Waals surface area contributed by atoms with Crippen LogP contribution in [-0.4, -0.2) is 45.8 Å². The smallest absolute Gasteiger partial charge is 0.355 e. The van der Waals surface area contributed by atoms with E-state index in [4.69, 9.17) is 10.5 Å². The summed E-state index contributed by atoms with van der Waals surface area (Å²) >= 11 is 3.39. The molecule has 10 heteroatoms. The highest BCUT2D eigenvalue weighted by molar-refractivity contribution is 9.10. The highest BCUT2D eigenvalue weighted by Gasteiger charge is 2.25. The molecule has 9 nitrogen and oxygen atoms in total. The van der Waals surface area contributed by atoms with E-state index in [2.05, 4.69) is 26.2 Å². The van der Waals surface area contributed by atoms with Crippen LogP contribution in [0.25, 0.3) is 11.1 Å². The molecule has 0 aliphatic heterocycles. The van der Waals surface area contributed by atoms with Crippen LogP contribution in [0.15, 0.2) is 16.6 Å². The van der Waals surface area contributed by atoms with Crippen molar-refractivity contribution in [1.82, 2.24) is 10.3 Å². The number of rotatable bonds is 8. The van der Waals surface area contributed by atoms with Gasteiger partial charge in [-0.15, -0.1) is 0 Å². The summed E-state index contributed by atoms with van der Waals surface area (Å²) in [6.45, 7) is -1.24. The van der Waals surface area contributed by atoms with Gasteiger partial charge in [-0.05, 0) is 38.2 Å². The van der Waals surface area contributed by atoms with Crippen LogP contribution in [0.4, 0.5) is 0 Å². The Morgan fingerprint density at radius 3 is 2.39 bits per heavy atom. The van der Waals surface area contributed by atoms with E-state index in [-0.39, 0.29) is 37.9 Å². The number of H-pyrrole nitrogens is 1. The zero-order valence-corrected chi connectivity index (χ0v) is 16.8. The summed E-state index contributed by atoms with van der Waals surface area (Å²) in [5.41, 5.74) is 8.24. The lowest BCUT2D eigenvalue weighted by atomic mass is 9.92. The Labute approximate surface area is 169 Å². The number of nitrogens with two attached hydrogens (primary N) is 1. The van der Waals surface area contributed by atoms with Gasteiger partial charge in [-0.3, -0.25) is 4.79 Å². The number of ether oxygens (including phenoxy) is 1. The van der Waals surface area contributed by atoms with Gasteiger partial charge in [0.15, 0.2) is 0 Å². The number of carbonyl (C=O) groups is 2. The van der Waals surface area contributed by atoms with Crippen LogP contribution < -0.4 is 11.1 Å². The van der Waals surface area contributed by atoms with Gasteiger partial charge in [0.25, 0.3) is 0 Å². The maximum absolute atomic E-state index is 12.1. The standard InChI is InChI=1S/C18H22BrN3O6/c1-28-18(27)17-16(19)15(13(22-17)5-21-14(26)4-20)10-3-2-9(6-23)11(7-24)12(10)8-25/h2-3,22-25H,4-8,20H2,1H3,(H,21,26). The summed E-state index contributed by atoms with van der Waals surface area (Å²) in [6, 6.07) is 3.29. The molecular formula is C18H22BrN3O6. The van der Waals surface area contributed by atoms with E-state index in [0.717, 1.165) is 0 Å². The van der Waals surface area contributed by atoms with Gasteiger partial charge in [0.2, 0.25) is 5.91 Å². The molecule has 0 aliphatic rings. The second-order valence-electron chi connectivity index (χ2n) is 5.84. The van der Waals surface area contributed by atoms with Crippen molar-refractivity contribution in [3.8, 4) is 11.1 Å². The van der Waals surface area contributed by atoms with Gasteiger partial charge >= 0.3 is 5.97 Å². The molecule has 1 amide bonds. The fourth-order valence-corrected chi connectivity index (χ4v) is 3.66. The van der Waals surface area contributed by atoms with Crippen molar-refractivity contribution >= 4 is 27.8 Å². The number of hydrogen-bond donors (Lipinski definition) is 6. The summed E-state index contributed by atoms with van der Waals surface area (Å²) in [6.07, 6.45) is 0. The van der Waals surface area contributed by atoms with Crippen molar-refractivity contribution in [3.63, 3.8) is 0 Å². The lowest BCUT2D eigenvalue weighted by Gasteiger charge is -2.16. The number of esters is 1. The van der Waals surface area contributed by atoms with Crippen molar-refractivity contribution in [2.45, 2.75) is 26.4 Å². The van der Waals surface area contributed by atoms with Gasteiger partial charge in [0.1, 0.15) is 5.69 Å². The van der Waals surface area contributed by atoms with Crippen molar-refractivity contribution in [2.24, 2.45) is 5.73 Å². The number of aromatic amines is 1. The van der Waals surface area contributed by atoms with E-state index in [1.165, 1.54) is 7.11 Å². The van der Waals surface area contributed by atoms with E-state index < -0.39 is 12.6 Å². The molecule has 0 atom stereocenters. The number of aliphatic hydroxyl groups excluding tert-OH is 3. The first kappa shape index (κ1) is 22.1. The number of nitrogens with one attached hydrogen (secondary N) is 2. The van der Waals surface area contributed by atoms with Crippen molar-refractivity contribution in [1.29, 1.82) is 0 Å². The van der Waals surface area contributed by atoms with Gasteiger partial charge in [0, 0.05) is 11.3 Å². The van der Waals surface area contributed by atoms with Crippen LogP contribution in [0, 0.1) is 0 Å². The van der Waals surface area contributed by atoms with Gasteiger partial charge in [-0.25, -0.2) is 4.79 Å². The topological polar surface area (TPSA) is 158 Å². The molecule has 1 aromatic carbocycles. The highest BCUT2D eigenvalue weighted by atomic mass is 79.9. The number of halogens is 1. The molecule has 7 N–H and O–H groups in total. The first-order valence-electron chi connectivity index (χ1n) is 8.35. The third-order valence-electron chi connectivity index (χ3n) is 4.34. The molecular weight excluding hydrogens is 434 g/mol. The molecule has 1 aromatic heterocycles. The third-order valence-corrected chi connectivity index (χ3v) is 5.13. The molecule has 28 heavy (non-hydrogen) atoms. The Bertz CT molecular complexity index is 881. The monoisotopic (exact) mass is 455 g/mol. The lowest BCUT2D eigenvalue weighted by Crippen LogP contribution is -2.30. The molecule has 0 spiro atoms. The van der Waals surface area contributed by atoms with Crippen molar-refractivity contribution < 1.29 is 29.6 Å². The SMILES string of the molecule is COC(=O)c1[nH]c(CNC(=O)CN)c(-c2ccc(CO)c(CO)c2CO)c1Br. The normalized spacial score (nSPS) is 10.8. The van der Waals surface area contributed by atoms with Crippen LogP contribution in [0.2, 0.25) is 0 Å². The predicted octanol–water partition coefficient (Wildman–Crippen LogP) is 0.283. The first-order chi connectivity index (χ1) is 13.4. The quantitative estimate of drug-likeness (QED) is 0.312. The summed E-state index contributed by atoms with van der Waals surface area (Å²) in [7, 11) is 1.24. The number of hydrogen-bond acceptors (Lipinski definition) is 7. The summed E-state index contributed by atoms with van der Waals surface area (Å²) in [4.78, 5) is 26.6. The van der Waals surface area contributed by atoms with Gasteiger partial charge in [-0.2, -0.15) is 0 Å². The minimum atomic E-state index is -0.621. The minimum Gasteiger partial charge on any atom is -0.464 e. The average Bonchev–Trinajstić information content (AvgIpc) is 3.05. The number of amides is 1. The van der Waals surface area contributed by atoms with Crippen molar-refractivity contribution in [3.05, 3.63) is 44.7 Å². The first-order valence-corrected chi connectivity index (χ1v) is 9.14. The van der Waals surface area contributed by atoms with E-state index in [9.17, 15) is 24.9 Å². The molecule has 0 aliphatic carbocycles. The van der Waals surface area contributed by atoms with Crippen LogP contribution in [0.1, 0.15) is 32.9 Å². The largest absolute Gasteiger partial charge is 0.464 e. The maximum atomic E-state index is 12.1. The molecule has 2 aromatic rings. The lowest BCUT2D eigenvalue weighted by molar-refractivity contribution is -0.119. The number of benzene rings is 1. The molecule has 0 bridgehead atoms. The minimum absolute atomic E-state index is 0.0437. The molecule has 0 saturated heterocycles. The Kier molecular flexibility index (Phi) is 7.72. The number of carbonyl (C=O) groups excluding carboxylic acids is 2. The number of aliphatic hydroxyl groups is 3. The average molecular weight is 456 g/mol. The van der Waals surface area contributed by atoms with E-state index >= 15 is 0 Å². The fraction of sp³-hybridized carbons (Fsp3) is 0.333. The predicted molar refractivity (Wildman–Crippen MR) is 104 cm³/mol. The van der Waals surface area contributed by atoms with E-state index in [1.54, 1.807) is 12.1 Å². The van der Waals surface area contributed by atoms with Crippen molar-refractivity contribution in [2.75, 3.05) is 13.7 Å². The molecule has 2 rings (SSSR count). The summed E-state index contributed by atoms with van der Waals surface area (Å²) in [5.74, 6) is -1.00. The number of aromatic nitrogens is 1. The van der Waals surface area contributed by atoms with E-state index in [0.29, 0.717) is 38.0 Å². The Balaban J connectivity index is 2.70. The van der Waals surface area contributed by atoms with Crippen LogP contribution >= 0.6 is 15.9 Å². The third kappa shape index (κ3) is 4.26. The van der Waals surface area contributed by atoms with Crippen LogP contribution in [0.5, 0.6) is 0 Å². The fourth-order valence-electron chi connectivity index (χ4n) is 2.94. The molecule has 0 unspecified atom stereocenters.